The van der Waals surface area contributed by atoms with Crippen molar-refractivity contribution in [3.63, 3.8) is 0 Å². The highest BCUT2D eigenvalue weighted by molar-refractivity contribution is 5.91. The topological polar surface area (TPSA) is 156 Å². The number of nitro benzene ring substituents is 1. The number of nitro groups is 1. The molecule has 5 rings (SSSR count). The summed E-state index contributed by atoms with van der Waals surface area (Å²) in [6.45, 7) is 5.50. The lowest BCUT2D eigenvalue weighted by molar-refractivity contribution is -0.384. The summed E-state index contributed by atoms with van der Waals surface area (Å²) >= 11 is 0. The predicted octanol–water partition coefficient (Wildman–Crippen LogP) is 4.14. The molecule has 2 aliphatic heterocycles. The number of benzene rings is 3. The van der Waals surface area contributed by atoms with Crippen LogP contribution in [0.5, 0.6) is 0 Å². The fourth-order valence-electron chi connectivity index (χ4n) is 5.60. The lowest BCUT2D eigenvalue weighted by atomic mass is 9.99. The Balaban J connectivity index is 1.25. The first kappa shape index (κ1) is 32.8. The molecule has 2 saturated heterocycles. The number of esters is 1. The number of carbonyl (C=O) groups is 2. The van der Waals surface area contributed by atoms with E-state index >= 15 is 0 Å². The largest absolute Gasteiger partial charge is 0.465 e. The fraction of sp³-hybridized carbons (Fsp3) is 0.394. The molecule has 0 bridgehead atoms. The van der Waals surface area contributed by atoms with Crippen LogP contribution in [0, 0.1) is 10.1 Å². The van der Waals surface area contributed by atoms with E-state index in [-0.39, 0.29) is 37.7 Å². The standard InChI is InChI=1S/C33H39N5O8/c1-2-44-31(40)20-34-33(41)35-26-5-3-4-25(18-26)32-45-29(19-30(46-32)24-8-6-23(22-39)7-9-24)21-36-14-16-37(17-15-36)27-10-12-28(13-11-27)38(42)43/h3-13,18,29-30,32,39H,2,14-17,19-22H2,1H3,(H2,34,35,41). The van der Waals surface area contributed by atoms with Crippen molar-refractivity contribution in [1.82, 2.24) is 10.2 Å². The Labute approximate surface area is 267 Å². The minimum absolute atomic E-state index is 0.0425. The van der Waals surface area contributed by atoms with Gasteiger partial charge in [0.1, 0.15) is 6.54 Å². The molecule has 13 heteroatoms. The van der Waals surface area contributed by atoms with Gasteiger partial charge in [0.2, 0.25) is 0 Å². The smallest absolute Gasteiger partial charge is 0.325 e. The Morgan fingerprint density at radius 3 is 2.41 bits per heavy atom. The van der Waals surface area contributed by atoms with Crippen molar-refractivity contribution in [3.05, 3.63) is 99.6 Å². The van der Waals surface area contributed by atoms with Crippen LogP contribution in [-0.2, 0) is 25.6 Å². The number of urea groups is 1. The minimum Gasteiger partial charge on any atom is -0.465 e. The van der Waals surface area contributed by atoms with Crippen molar-refractivity contribution in [2.45, 2.75) is 38.4 Å². The molecule has 3 aromatic carbocycles. The van der Waals surface area contributed by atoms with Crippen molar-refractivity contribution in [2.24, 2.45) is 0 Å². The first-order valence-electron chi connectivity index (χ1n) is 15.3. The molecule has 0 aromatic heterocycles. The highest BCUT2D eigenvalue weighted by atomic mass is 16.7. The molecule has 2 aliphatic rings. The van der Waals surface area contributed by atoms with Crippen LogP contribution in [0.3, 0.4) is 0 Å². The van der Waals surface area contributed by atoms with Gasteiger partial charge >= 0.3 is 12.0 Å². The van der Waals surface area contributed by atoms with Gasteiger partial charge in [0.25, 0.3) is 5.69 Å². The normalized spacial score (nSPS) is 20.1. The van der Waals surface area contributed by atoms with Crippen molar-refractivity contribution in [2.75, 3.05) is 56.1 Å². The highest BCUT2D eigenvalue weighted by Crippen LogP contribution is 2.39. The Hall–Kier alpha value is -4.56. The molecule has 2 fully saturated rings. The molecule has 0 spiro atoms. The van der Waals surface area contributed by atoms with Crippen LogP contribution in [0.15, 0.2) is 72.8 Å². The lowest BCUT2D eigenvalue weighted by Gasteiger charge is -2.41. The van der Waals surface area contributed by atoms with Gasteiger partial charge in [-0.25, -0.2) is 4.79 Å². The van der Waals surface area contributed by atoms with Gasteiger partial charge in [0, 0.05) is 68.2 Å². The van der Waals surface area contributed by atoms with Crippen LogP contribution in [0.1, 0.15) is 42.4 Å². The second-order valence-electron chi connectivity index (χ2n) is 11.1. The van der Waals surface area contributed by atoms with E-state index in [1.54, 1.807) is 37.3 Å². The Morgan fingerprint density at radius 2 is 1.74 bits per heavy atom. The maximum Gasteiger partial charge on any atom is 0.325 e. The molecular formula is C33H39N5O8. The fourth-order valence-corrected chi connectivity index (χ4v) is 5.60. The van der Waals surface area contributed by atoms with Crippen molar-refractivity contribution >= 4 is 29.1 Å². The molecule has 3 N–H and O–H groups in total. The van der Waals surface area contributed by atoms with Crippen molar-refractivity contribution in [3.8, 4) is 0 Å². The SMILES string of the molecule is CCOC(=O)CNC(=O)Nc1cccc(C2OC(CN3CCN(c4ccc([N+](=O)[O-])cc4)CC3)CC(c3ccc(CO)cc3)O2)c1. The van der Waals surface area contributed by atoms with E-state index in [2.05, 4.69) is 20.4 Å². The molecule has 2 heterocycles. The zero-order valence-electron chi connectivity index (χ0n) is 25.7. The van der Waals surface area contributed by atoms with Gasteiger partial charge in [-0.05, 0) is 42.3 Å². The summed E-state index contributed by atoms with van der Waals surface area (Å²) in [5, 5.41) is 25.8. The third kappa shape index (κ3) is 8.79. The third-order valence-corrected chi connectivity index (χ3v) is 7.99. The van der Waals surface area contributed by atoms with Crippen LogP contribution >= 0.6 is 0 Å². The summed E-state index contributed by atoms with van der Waals surface area (Å²) in [6, 6.07) is 21.0. The number of piperazine rings is 1. The first-order chi connectivity index (χ1) is 22.3. The number of aliphatic hydroxyl groups is 1. The molecule has 244 valence electrons. The zero-order valence-corrected chi connectivity index (χ0v) is 25.7. The number of nitrogens with one attached hydrogen (secondary N) is 2. The van der Waals surface area contributed by atoms with E-state index in [0.29, 0.717) is 18.7 Å². The van der Waals surface area contributed by atoms with E-state index in [9.17, 15) is 24.8 Å². The molecule has 3 aromatic rings. The van der Waals surface area contributed by atoms with Crippen molar-refractivity contribution < 1.29 is 33.8 Å². The van der Waals surface area contributed by atoms with Crippen LogP contribution in [0.4, 0.5) is 21.9 Å². The molecule has 0 radical (unpaired) electrons. The molecule has 0 aliphatic carbocycles. The average molecular weight is 634 g/mol. The van der Waals surface area contributed by atoms with E-state index < -0.39 is 23.2 Å². The first-order valence-corrected chi connectivity index (χ1v) is 15.3. The van der Waals surface area contributed by atoms with Gasteiger partial charge in [-0.15, -0.1) is 0 Å². The van der Waals surface area contributed by atoms with Gasteiger partial charge < -0.3 is 34.9 Å². The van der Waals surface area contributed by atoms with Gasteiger partial charge in [0.15, 0.2) is 6.29 Å². The molecule has 13 nitrogen and oxygen atoms in total. The monoisotopic (exact) mass is 633 g/mol. The van der Waals surface area contributed by atoms with Gasteiger partial charge in [-0.2, -0.15) is 0 Å². The van der Waals surface area contributed by atoms with Crippen LogP contribution < -0.4 is 15.5 Å². The maximum atomic E-state index is 12.4. The third-order valence-electron chi connectivity index (χ3n) is 7.99. The highest BCUT2D eigenvalue weighted by Gasteiger charge is 2.34. The number of carbonyl (C=O) groups excluding carboxylic acids is 2. The number of non-ortho nitro benzene ring substituents is 1. The second kappa shape index (κ2) is 15.6. The van der Waals surface area contributed by atoms with Crippen molar-refractivity contribution in [1.29, 1.82) is 0 Å². The molecule has 2 amide bonds. The number of nitrogens with zero attached hydrogens (tertiary/aromatic N) is 3. The summed E-state index contributed by atoms with van der Waals surface area (Å²) < 4.78 is 17.8. The van der Waals surface area contributed by atoms with Crippen LogP contribution in [0.2, 0.25) is 0 Å². The van der Waals surface area contributed by atoms with Gasteiger partial charge in [-0.1, -0.05) is 36.4 Å². The average Bonchev–Trinajstić information content (AvgIpc) is 3.08. The predicted molar refractivity (Wildman–Crippen MR) is 170 cm³/mol. The summed E-state index contributed by atoms with van der Waals surface area (Å²) in [5.74, 6) is -0.521. The van der Waals surface area contributed by atoms with Crippen LogP contribution in [0.25, 0.3) is 0 Å². The number of hydrogen-bond acceptors (Lipinski definition) is 10. The van der Waals surface area contributed by atoms with E-state index in [4.69, 9.17) is 14.2 Å². The summed E-state index contributed by atoms with van der Waals surface area (Å²) in [4.78, 5) is 39.2. The summed E-state index contributed by atoms with van der Waals surface area (Å²) in [7, 11) is 0. The number of rotatable bonds is 11. The zero-order chi connectivity index (χ0) is 32.5. The van der Waals surface area contributed by atoms with E-state index in [1.165, 1.54) is 12.1 Å². The molecule has 3 atom stereocenters. The molecule has 3 unspecified atom stereocenters. The summed E-state index contributed by atoms with van der Waals surface area (Å²) in [6.07, 6.45) is -0.489. The van der Waals surface area contributed by atoms with Gasteiger partial charge in [-0.3, -0.25) is 19.8 Å². The Kier molecular flexibility index (Phi) is 11.2. The molecule has 46 heavy (non-hydrogen) atoms. The lowest BCUT2D eigenvalue weighted by Crippen LogP contribution is -2.49. The van der Waals surface area contributed by atoms with E-state index in [1.807, 2.05) is 30.3 Å². The molecule has 0 saturated carbocycles. The number of amides is 2. The molecular weight excluding hydrogens is 594 g/mol. The number of aliphatic hydroxyl groups excluding tert-OH is 1. The minimum atomic E-state index is -0.702. The maximum absolute atomic E-state index is 12.4. The quantitative estimate of drug-likeness (QED) is 0.159. The Morgan fingerprint density at radius 1 is 1.00 bits per heavy atom. The van der Waals surface area contributed by atoms with E-state index in [0.717, 1.165) is 48.6 Å². The number of hydrogen-bond donors (Lipinski definition) is 3. The summed E-state index contributed by atoms with van der Waals surface area (Å²) in [5.41, 5.74) is 4.07. The number of ether oxygens (including phenoxy) is 3. The van der Waals surface area contributed by atoms with Crippen LogP contribution in [-0.4, -0.2) is 78.9 Å². The Bertz CT molecular complexity index is 1480. The number of anilines is 2. The second-order valence-corrected chi connectivity index (χ2v) is 11.1. The van der Waals surface area contributed by atoms with Gasteiger partial charge in [0.05, 0.1) is 30.3 Å².